The number of aromatic amines is 1. The van der Waals surface area contributed by atoms with Crippen LogP contribution in [0.3, 0.4) is 0 Å². The molecule has 8 aliphatic rings. The maximum atomic E-state index is 15.5. The third-order valence-corrected chi connectivity index (χ3v) is 20.0. The maximum Gasteiger partial charge on any atom is 0.322 e. The van der Waals surface area contributed by atoms with Gasteiger partial charge in [-0.05, 0) is 81.2 Å². The minimum Gasteiger partial charge on any atom is -0.496 e. The molecule has 1 aromatic heterocycles. The van der Waals surface area contributed by atoms with E-state index in [1.807, 2.05) is 55.2 Å². The van der Waals surface area contributed by atoms with Gasteiger partial charge in [0.25, 0.3) is 11.8 Å². The number of fused-ring (bicyclic) bond motifs is 6. The number of methoxy groups -OCH3 is 2. The lowest BCUT2D eigenvalue weighted by Crippen LogP contribution is -2.81. The minimum atomic E-state index is -2.52. The Bertz CT molecular complexity index is 3060. The largest absolute Gasteiger partial charge is 0.496 e. The number of likely N-dealkylation sites (N-methyl/N-ethyl adjacent to an activating group) is 1. The van der Waals surface area contributed by atoms with Gasteiger partial charge in [0.05, 0.1) is 76.9 Å². The van der Waals surface area contributed by atoms with E-state index in [0.29, 0.717) is 93.1 Å². The van der Waals surface area contributed by atoms with E-state index in [2.05, 4.69) is 37.6 Å². The predicted molar refractivity (Wildman–Crippen MR) is 296 cm³/mol. The lowest BCUT2D eigenvalue weighted by molar-refractivity contribution is -0.203. The Morgan fingerprint density at radius 1 is 0.975 bits per heavy atom. The van der Waals surface area contributed by atoms with Crippen molar-refractivity contribution in [3.05, 3.63) is 82.6 Å². The number of nitrogens with one attached hydrogen (secondary N) is 3. The van der Waals surface area contributed by atoms with E-state index in [0.717, 1.165) is 26.9 Å². The van der Waals surface area contributed by atoms with Gasteiger partial charge in [0.1, 0.15) is 23.4 Å². The van der Waals surface area contributed by atoms with Crippen LogP contribution in [0, 0.1) is 17.3 Å². The molecule has 7 aliphatic heterocycles. The van der Waals surface area contributed by atoms with Crippen LogP contribution in [0.25, 0.3) is 10.9 Å². The lowest BCUT2D eigenvalue weighted by atomic mass is 9.47. The molecule has 4 amide bonds. The number of esters is 1. The standard InChI is InChI=1S/C60H79N7O14/c1-7-56(76)28-35-29-59(55(75)79-6,48-37(14-19-65(31-35)33-56)36-12-9-10-13-41(36)63-48)40-25-39-42(26-45(40)78-5)64(4)52-58(39)16-20-66-18-11-15-57(8-2,51(58)66)53(73)60(52,77)54(74)62-30-47(70)61-17-22-80-23-21-67-49(71)34(3)24-38(50(67)72)44-27-43(69)46(32-68)81-44/h9-13,15,24-26,35,38,43-44,46,51-53,63,68-69,73,76-77H,7-8,14,16-23,27-33H2,1-6H3,(H,61,70)(H,62,74)/t35?,38?,43-,44+,46+,51?,52?,53+,56-,57+,58?,59-,60-/m0/s1. The number of para-hydroxylation sites is 1. The monoisotopic (exact) mass is 1120 g/mol. The number of carbonyl (C=O) groups excluding carboxylic acids is 5. The van der Waals surface area contributed by atoms with E-state index in [1.165, 1.54) is 13.2 Å². The number of hydrogen-bond donors (Lipinski definition) is 8. The molecule has 14 atom stereocenters. The van der Waals surface area contributed by atoms with Crippen LogP contribution >= 0.6 is 0 Å². The molecule has 21 heteroatoms. The number of rotatable bonds is 16. The van der Waals surface area contributed by atoms with Crippen LogP contribution in [-0.2, 0) is 55.4 Å². The van der Waals surface area contributed by atoms with Crippen molar-refractivity contribution >= 4 is 46.2 Å². The number of aromatic nitrogens is 1. The lowest BCUT2D eigenvalue weighted by Gasteiger charge is -2.63. The van der Waals surface area contributed by atoms with E-state index in [4.69, 9.17) is 18.9 Å². The second kappa shape index (κ2) is 21.5. The molecular formula is C60H79N7O14. The highest BCUT2D eigenvalue weighted by molar-refractivity contribution is 6.08. The number of H-pyrrole nitrogens is 1. The number of piperidine rings is 1. The van der Waals surface area contributed by atoms with Crippen molar-refractivity contribution in [1.29, 1.82) is 0 Å². The summed E-state index contributed by atoms with van der Waals surface area (Å²) in [7, 11) is 4.77. The van der Waals surface area contributed by atoms with E-state index in [-0.39, 0.29) is 45.1 Å². The predicted octanol–water partition coefficient (Wildman–Crippen LogP) is 0.938. The van der Waals surface area contributed by atoms with Crippen molar-refractivity contribution in [3.63, 3.8) is 0 Å². The van der Waals surface area contributed by atoms with Crippen LogP contribution in [0.4, 0.5) is 5.69 Å². The fraction of sp³-hybridized carbons (Fsp3) is 0.617. The van der Waals surface area contributed by atoms with Crippen LogP contribution in [-0.4, -0.2) is 216 Å². The Kier molecular flexibility index (Phi) is 15.1. The molecule has 1 aliphatic carbocycles. The van der Waals surface area contributed by atoms with E-state index < -0.39 is 113 Å². The van der Waals surface area contributed by atoms with Crippen LogP contribution in [0.1, 0.15) is 81.7 Å². The zero-order chi connectivity index (χ0) is 57.6. The molecule has 3 aromatic rings. The summed E-state index contributed by atoms with van der Waals surface area (Å²) in [5.74, 6) is -3.60. The smallest absolute Gasteiger partial charge is 0.322 e. The number of amides is 4. The average molecular weight is 1120 g/mol. The molecule has 8 N–H and O–H groups in total. The number of hydrogen-bond acceptors (Lipinski definition) is 17. The Hall–Kier alpha value is -5.75. The summed E-state index contributed by atoms with van der Waals surface area (Å²) in [5.41, 5.74) is -2.34. The third-order valence-electron chi connectivity index (χ3n) is 20.0. The third kappa shape index (κ3) is 8.77. The van der Waals surface area contributed by atoms with Crippen LogP contribution < -0.4 is 20.3 Å². The van der Waals surface area contributed by atoms with E-state index in [1.54, 1.807) is 21.1 Å². The molecule has 11 rings (SSSR count). The van der Waals surface area contributed by atoms with Crippen molar-refractivity contribution in [2.75, 3.05) is 98.3 Å². The summed E-state index contributed by atoms with van der Waals surface area (Å²) in [6.07, 6.45) is 4.18. The Balaban J connectivity index is 0.881. The van der Waals surface area contributed by atoms with Crippen molar-refractivity contribution in [1.82, 2.24) is 30.3 Å². The van der Waals surface area contributed by atoms with Gasteiger partial charge in [0, 0.05) is 103 Å². The number of aliphatic hydroxyl groups is 5. The highest BCUT2D eigenvalue weighted by Crippen LogP contribution is 2.67. The van der Waals surface area contributed by atoms with Crippen LogP contribution in [0.5, 0.6) is 5.75 Å². The first-order chi connectivity index (χ1) is 38.8. The summed E-state index contributed by atoms with van der Waals surface area (Å²) in [4.78, 5) is 82.1. The van der Waals surface area contributed by atoms with Gasteiger partial charge in [0.2, 0.25) is 11.8 Å². The second-order valence-electron chi connectivity index (χ2n) is 24.1. The molecule has 4 fully saturated rings. The van der Waals surface area contributed by atoms with Crippen LogP contribution in [0.15, 0.2) is 60.2 Å². The summed E-state index contributed by atoms with van der Waals surface area (Å²) in [6.45, 7) is 7.45. The Morgan fingerprint density at radius 3 is 2.49 bits per heavy atom. The molecule has 2 bridgehead atoms. The topological polar surface area (TPSA) is 276 Å². The molecular weight excluding hydrogens is 1040 g/mol. The number of carbonyl (C=O) groups is 5. The quantitative estimate of drug-likeness (QED) is 0.0429. The van der Waals surface area contributed by atoms with Crippen LogP contribution in [0.2, 0.25) is 0 Å². The number of ether oxygens (including phenoxy) is 4. The SMILES string of the molecule is CC[C@]1(O)CC2CN(CCc3c([nH]c4ccccc34)[C@@](C(=O)OC)(c3cc4c(cc3OC)N(C)C3C45CCN4CC=C[C@](CC)(C45)[C@@H](O)[C@]3(O)C(=O)NCC(=O)NCCOCCN3C(=O)C(C)=CC([C@H]4C[C@H](O)[C@@H](CO)O4)C3=O)C2)C1. The molecule has 1 spiro atoms. The molecule has 438 valence electrons. The van der Waals surface area contributed by atoms with Gasteiger partial charge >= 0.3 is 5.97 Å². The van der Waals surface area contributed by atoms with E-state index in [9.17, 15) is 39.9 Å². The fourth-order valence-electron chi connectivity index (χ4n) is 16.5. The van der Waals surface area contributed by atoms with Gasteiger partial charge < -0.3 is 65.0 Å². The first-order valence-corrected chi connectivity index (χ1v) is 28.8. The Morgan fingerprint density at radius 2 is 1.77 bits per heavy atom. The molecule has 8 heterocycles. The first-order valence-electron chi connectivity index (χ1n) is 28.8. The van der Waals surface area contributed by atoms with Gasteiger partial charge in [-0.1, -0.05) is 50.3 Å². The molecule has 81 heavy (non-hydrogen) atoms. The molecule has 1 saturated carbocycles. The second-order valence-corrected chi connectivity index (χ2v) is 24.1. The highest BCUT2D eigenvalue weighted by atomic mass is 16.5. The number of benzene rings is 2. The summed E-state index contributed by atoms with van der Waals surface area (Å²) < 4.78 is 23.9. The number of nitrogens with zero attached hydrogens (tertiary/aromatic N) is 4. The zero-order valence-corrected chi connectivity index (χ0v) is 47.2. The number of imide groups is 1. The Labute approximate surface area is 471 Å². The summed E-state index contributed by atoms with van der Waals surface area (Å²) in [6, 6.07) is 10.5. The fourth-order valence-corrected chi connectivity index (χ4v) is 16.5. The molecule has 3 saturated heterocycles. The zero-order valence-electron chi connectivity index (χ0n) is 47.2. The van der Waals surface area contributed by atoms with Crippen molar-refractivity contribution in [2.45, 2.75) is 124 Å². The summed E-state index contributed by atoms with van der Waals surface area (Å²) in [5, 5.41) is 64.9. The summed E-state index contributed by atoms with van der Waals surface area (Å²) >= 11 is 0. The normalized spacial score (nSPS) is 36.0. The molecule has 0 radical (unpaired) electrons. The molecule has 21 nitrogen and oxygen atoms in total. The van der Waals surface area contributed by atoms with E-state index >= 15 is 9.59 Å². The van der Waals surface area contributed by atoms with Crippen molar-refractivity contribution in [2.24, 2.45) is 17.3 Å². The highest BCUT2D eigenvalue weighted by Gasteiger charge is 2.79. The van der Waals surface area contributed by atoms with Gasteiger partial charge in [-0.2, -0.15) is 0 Å². The average Bonchev–Trinajstić information content (AvgIpc) is 2.51. The minimum absolute atomic E-state index is 0.00213. The van der Waals surface area contributed by atoms with Gasteiger partial charge in [0.15, 0.2) is 5.60 Å². The van der Waals surface area contributed by atoms with Gasteiger partial charge in [-0.25, -0.2) is 0 Å². The van der Waals surface area contributed by atoms with Crippen molar-refractivity contribution < 1.29 is 68.5 Å². The van der Waals surface area contributed by atoms with Gasteiger partial charge in [-0.15, -0.1) is 0 Å². The molecule has 2 aromatic carbocycles. The number of anilines is 1. The number of aliphatic hydroxyl groups excluding tert-OH is 3. The maximum absolute atomic E-state index is 15.5. The van der Waals surface area contributed by atoms with Gasteiger partial charge in [-0.3, -0.25) is 38.7 Å². The van der Waals surface area contributed by atoms with Crippen molar-refractivity contribution in [3.8, 4) is 5.75 Å². The molecule has 6 unspecified atom stereocenters. The first kappa shape index (κ1) is 57.1.